The number of hydrogen-bond donors (Lipinski definition) is 3. The summed E-state index contributed by atoms with van der Waals surface area (Å²) in [4.78, 5) is 12.2. The van der Waals surface area contributed by atoms with Gasteiger partial charge in [-0.3, -0.25) is 4.79 Å². The Hall–Kier alpha value is -0.820. The highest BCUT2D eigenvalue weighted by molar-refractivity contribution is 5.83. The smallest absolute Gasteiger partial charge is 0.382 e. The fourth-order valence-corrected chi connectivity index (χ4v) is 3.17. The predicted octanol–water partition coefficient (Wildman–Crippen LogP) is 0.806. The van der Waals surface area contributed by atoms with Gasteiger partial charge in [-0.1, -0.05) is 12.8 Å². The first-order chi connectivity index (χ1) is 8.86. The van der Waals surface area contributed by atoms with Crippen LogP contribution in [0.3, 0.4) is 0 Å². The number of fused-ring (bicyclic) bond motifs is 1. The number of nitrogens with one attached hydrogen (secondary N) is 2. The number of amides is 1. The fraction of sp³-hybridized carbons (Fsp3) is 0.917. The SMILES string of the molecule is O=C(NCC(O)C(F)(F)F)[C@@]12CCCC[C@H]1CNC2. The van der Waals surface area contributed by atoms with Gasteiger partial charge in [0, 0.05) is 6.54 Å². The van der Waals surface area contributed by atoms with E-state index in [1.54, 1.807) is 0 Å². The van der Waals surface area contributed by atoms with E-state index < -0.39 is 24.2 Å². The van der Waals surface area contributed by atoms with Gasteiger partial charge in [0.15, 0.2) is 6.10 Å². The zero-order valence-corrected chi connectivity index (χ0v) is 10.6. The van der Waals surface area contributed by atoms with E-state index in [4.69, 9.17) is 5.11 Å². The topological polar surface area (TPSA) is 61.4 Å². The van der Waals surface area contributed by atoms with Crippen LogP contribution >= 0.6 is 0 Å². The van der Waals surface area contributed by atoms with E-state index in [-0.39, 0.29) is 11.8 Å². The van der Waals surface area contributed by atoms with Gasteiger partial charge in [0.05, 0.1) is 12.0 Å². The molecule has 110 valence electrons. The minimum Gasteiger partial charge on any atom is -0.382 e. The molecule has 0 radical (unpaired) electrons. The third-order valence-electron chi connectivity index (χ3n) is 4.32. The number of alkyl halides is 3. The van der Waals surface area contributed by atoms with Gasteiger partial charge in [-0.2, -0.15) is 13.2 Å². The number of hydrogen-bond acceptors (Lipinski definition) is 3. The molecule has 0 aromatic carbocycles. The zero-order chi connectivity index (χ0) is 14.1. The molecule has 4 nitrogen and oxygen atoms in total. The van der Waals surface area contributed by atoms with Crippen LogP contribution in [-0.2, 0) is 4.79 Å². The van der Waals surface area contributed by atoms with Crippen LogP contribution in [0.25, 0.3) is 0 Å². The number of rotatable bonds is 3. The highest BCUT2D eigenvalue weighted by Gasteiger charge is 2.50. The maximum atomic E-state index is 12.2. The maximum absolute atomic E-state index is 12.2. The van der Waals surface area contributed by atoms with Crippen LogP contribution in [0.2, 0.25) is 0 Å². The molecule has 19 heavy (non-hydrogen) atoms. The van der Waals surface area contributed by atoms with Gasteiger partial charge in [-0.05, 0) is 25.3 Å². The monoisotopic (exact) mass is 280 g/mol. The molecule has 2 rings (SSSR count). The number of halogens is 3. The minimum absolute atomic E-state index is 0.198. The Bertz CT molecular complexity index is 348. The van der Waals surface area contributed by atoms with Gasteiger partial charge in [0.25, 0.3) is 0 Å². The molecule has 2 fully saturated rings. The lowest BCUT2D eigenvalue weighted by Gasteiger charge is -2.37. The van der Waals surface area contributed by atoms with Crippen molar-refractivity contribution in [2.75, 3.05) is 19.6 Å². The summed E-state index contributed by atoms with van der Waals surface area (Å²) in [5.41, 5.74) is -0.580. The van der Waals surface area contributed by atoms with E-state index in [0.717, 1.165) is 25.8 Å². The molecule has 1 saturated heterocycles. The molecule has 2 aliphatic rings. The Morgan fingerprint density at radius 2 is 2.21 bits per heavy atom. The Kier molecular flexibility index (Phi) is 4.06. The van der Waals surface area contributed by atoms with E-state index in [1.165, 1.54) is 0 Å². The summed E-state index contributed by atoms with van der Waals surface area (Å²) < 4.78 is 36.6. The number of aliphatic hydroxyl groups excluding tert-OH is 1. The van der Waals surface area contributed by atoms with Gasteiger partial charge in [-0.15, -0.1) is 0 Å². The third-order valence-corrected chi connectivity index (χ3v) is 4.32. The third kappa shape index (κ3) is 2.86. The second-order valence-corrected chi connectivity index (χ2v) is 5.50. The summed E-state index contributed by atoms with van der Waals surface area (Å²) in [6, 6.07) is 0. The summed E-state index contributed by atoms with van der Waals surface area (Å²) in [6.45, 7) is 0.498. The molecule has 1 heterocycles. The quantitative estimate of drug-likeness (QED) is 0.717. The fourth-order valence-electron chi connectivity index (χ4n) is 3.17. The van der Waals surface area contributed by atoms with Gasteiger partial charge in [0.2, 0.25) is 5.91 Å². The molecule has 1 amide bonds. The van der Waals surface area contributed by atoms with Gasteiger partial charge in [0.1, 0.15) is 0 Å². The van der Waals surface area contributed by atoms with E-state index in [9.17, 15) is 18.0 Å². The molecule has 3 N–H and O–H groups in total. The Labute approximate surface area is 109 Å². The lowest BCUT2D eigenvalue weighted by Crippen LogP contribution is -2.51. The molecule has 7 heteroatoms. The van der Waals surface area contributed by atoms with Crippen LogP contribution in [0, 0.1) is 11.3 Å². The molecule has 0 bridgehead atoms. The predicted molar refractivity (Wildman–Crippen MR) is 62.3 cm³/mol. The molecule has 0 aromatic rings. The van der Waals surface area contributed by atoms with Gasteiger partial charge in [-0.25, -0.2) is 0 Å². The Morgan fingerprint density at radius 3 is 2.89 bits per heavy atom. The molecule has 1 aliphatic carbocycles. The normalized spacial score (nSPS) is 32.7. The van der Waals surface area contributed by atoms with Crippen LogP contribution in [0.15, 0.2) is 0 Å². The first-order valence-corrected chi connectivity index (χ1v) is 6.60. The van der Waals surface area contributed by atoms with Crippen LogP contribution in [-0.4, -0.2) is 42.9 Å². The summed E-state index contributed by atoms with van der Waals surface area (Å²) >= 11 is 0. The highest BCUT2D eigenvalue weighted by Crippen LogP contribution is 2.43. The average Bonchev–Trinajstić information content (AvgIpc) is 2.79. The average molecular weight is 280 g/mol. The maximum Gasteiger partial charge on any atom is 0.416 e. The second kappa shape index (κ2) is 5.28. The van der Waals surface area contributed by atoms with Gasteiger partial charge >= 0.3 is 6.18 Å². The van der Waals surface area contributed by atoms with Crippen LogP contribution in [0.4, 0.5) is 13.2 Å². The number of aliphatic hydroxyl groups is 1. The molecule has 3 atom stereocenters. The van der Waals surface area contributed by atoms with Crippen molar-refractivity contribution < 1.29 is 23.1 Å². The van der Waals surface area contributed by atoms with Crippen molar-refractivity contribution in [1.29, 1.82) is 0 Å². The second-order valence-electron chi connectivity index (χ2n) is 5.50. The molecule has 1 aliphatic heterocycles. The minimum atomic E-state index is -4.69. The van der Waals surface area contributed by atoms with Gasteiger partial charge < -0.3 is 15.7 Å². The highest BCUT2D eigenvalue weighted by atomic mass is 19.4. The molecular weight excluding hydrogens is 261 g/mol. The molecular formula is C12H19F3N2O2. The largest absolute Gasteiger partial charge is 0.416 e. The van der Waals surface area contributed by atoms with E-state index in [1.807, 2.05) is 0 Å². The zero-order valence-electron chi connectivity index (χ0n) is 10.6. The molecule has 1 unspecified atom stereocenters. The molecule has 1 saturated carbocycles. The first kappa shape index (κ1) is 14.6. The van der Waals surface area contributed by atoms with Crippen LogP contribution in [0.5, 0.6) is 0 Å². The number of carbonyl (C=O) groups excluding carboxylic acids is 1. The standard InChI is InChI=1S/C12H19F3N2O2/c13-12(14,15)9(18)6-17-10(19)11-4-2-1-3-8(11)5-16-7-11/h8-9,16,18H,1-7H2,(H,17,19)/t8-,9?,11+/m0/s1. The first-order valence-electron chi connectivity index (χ1n) is 6.60. The van der Waals surface area contributed by atoms with E-state index in [0.29, 0.717) is 13.0 Å². The summed E-state index contributed by atoms with van der Waals surface area (Å²) in [6.07, 6.45) is -3.56. The Morgan fingerprint density at radius 1 is 1.47 bits per heavy atom. The van der Waals surface area contributed by atoms with Crippen molar-refractivity contribution in [3.63, 3.8) is 0 Å². The van der Waals surface area contributed by atoms with Crippen molar-refractivity contribution in [3.05, 3.63) is 0 Å². The Balaban J connectivity index is 1.95. The van der Waals surface area contributed by atoms with Crippen molar-refractivity contribution >= 4 is 5.91 Å². The lowest BCUT2D eigenvalue weighted by molar-refractivity contribution is -0.202. The molecule has 0 aromatic heterocycles. The van der Waals surface area contributed by atoms with Crippen LogP contribution in [0.1, 0.15) is 25.7 Å². The summed E-state index contributed by atoms with van der Waals surface area (Å²) in [7, 11) is 0. The van der Waals surface area contributed by atoms with Crippen molar-refractivity contribution in [3.8, 4) is 0 Å². The lowest BCUT2D eigenvalue weighted by atomic mass is 9.67. The number of carbonyl (C=O) groups is 1. The van der Waals surface area contributed by atoms with Crippen molar-refractivity contribution in [2.45, 2.75) is 38.0 Å². The van der Waals surface area contributed by atoms with Crippen LogP contribution < -0.4 is 10.6 Å². The summed E-state index contributed by atoms with van der Waals surface area (Å²) in [5, 5.41) is 14.3. The summed E-state index contributed by atoms with van der Waals surface area (Å²) in [5.74, 6) is -0.158. The van der Waals surface area contributed by atoms with E-state index >= 15 is 0 Å². The van der Waals surface area contributed by atoms with Crippen molar-refractivity contribution in [1.82, 2.24) is 10.6 Å². The molecule has 0 spiro atoms. The van der Waals surface area contributed by atoms with Crippen molar-refractivity contribution in [2.24, 2.45) is 11.3 Å². The van der Waals surface area contributed by atoms with E-state index in [2.05, 4.69) is 10.6 Å².